The number of amides is 1. The number of aromatic nitrogens is 3. The first-order valence-electron chi connectivity index (χ1n) is 7.44. The van der Waals surface area contributed by atoms with Crippen LogP contribution in [0.1, 0.15) is 29.8 Å². The Morgan fingerprint density at radius 1 is 1.28 bits per heavy atom. The lowest BCUT2D eigenvalue weighted by Gasteiger charge is -2.29. The fourth-order valence-electron chi connectivity index (χ4n) is 2.16. The van der Waals surface area contributed by atoms with E-state index in [0.717, 1.165) is 16.5 Å². The van der Waals surface area contributed by atoms with Gasteiger partial charge in [-0.2, -0.15) is 5.10 Å². The van der Waals surface area contributed by atoms with Crippen molar-refractivity contribution in [2.75, 3.05) is 20.1 Å². The van der Waals surface area contributed by atoms with Crippen LogP contribution in [0.2, 0.25) is 0 Å². The molecule has 1 aromatic heterocycles. The van der Waals surface area contributed by atoms with Gasteiger partial charge in [0.1, 0.15) is 6.33 Å². The highest BCUT2D eigenvalue weighted by Gasteiger charge is 2.21. The molecule has 0 unspecified atom stereocenters. The zero-order chi connectivity index (χ0) is 16.9. The number of benzene rings is 1. The predicted molar refractivity (Wildman–Crippen MR) is 107 cm³/mol. The van der Waals surface area contributed by atoms with Gasteiger partial charge in [0, 0.05) is 24.9 Å². The maximum absolute atomic E-state index is 12.5. The van der Waals surface area contributed by atoms with E-state index in [-0.39, 0.29) is 36.1 Å². The van der Waals surface area contributed by atoms with Crippen molar-refractivity contribution in [1.29, 1.82) is 0 Å². The minimum absolute atomic E-state index is 0. The number of aromatic amines is 1. The van der Waals surface area contributed by atoms with Gasteiger partial charge < -0.3 is 10.6 Å². The largest absolute Gasteiger partial charge is 0.341 e. The van der Waals surface area contributed by atoms with Gasteiger partial charge in [-0.05, 0) is 29.7 Å². The quantitative estimate of drug-likeness (QED) is 0.691. The topological polar surface area (TPSA) is 87.9 Å². The van der Waals surface area contributed by atoms with Crippen LogP contribution in [0.25, 0.3) is 0 Å². The first-order chi connectivity index (χ1) is 10.9. The molecule has 6 nitrogen and oxygen atoms in total. The average molecular weight is 406 g/mol. The highest BCUT2D eigenvalue weighted by atomic mass is 35.5. The minimum Gasteiger partial charge on any atom is -0.341 e. The van der Waals surface area contributed by atoms with Gasteiger partial charge >= 0.3 is 0 Å². The fraction of sp³-hybridized carbons (Fsp3) is 0.438. The van der Waals surface area contributed by atoms with Crippen LogP contribution in [0, 0.1) is 5.41 Å². The number of hydrogen-bond donors (Lipinski definition) is 2. The molecule has 140 valence electrons. The summed E-state index contributed by atoms with van der Waals surface area (Å²) in [4.78, 5) is 18.2. The molecule has 0 bridgehead atoms. The zero-order valence-electron chi connectivity index (χ0n) is 14.6. The lowest BCUT2D eigenvalue weighted by molar-refractivity contribution is 0.0740. The lowest BCUT2D eigenvalue weighted by atomic mass is 9.93. The first kappa shape index (κ1) is 23.7. The molecule has 1 amide bonds. The Morgan fingerprint density at radius 3 is 2.44 bits per heavy atom. The molecule has 3 N–H and O–H groups in total. The predicted octanol–water partition coefficient (Wildman–Crippen LogP) is 3.00. The molecular weight excluding hydrogens is 381 g/mol. The highest BCUT2D eigenvalue weighted by Crippen LogP contribution is 2.20. The third kappa shape index (κ3) is 7.23. The number of thioether (sulfide) groups is 1. The summed E-state index contributed by atoms with van der Waals surface area (Å²) in [7, 11) is 1.81. The van der Waals surface area contributed by atoms with Crippen molar-refractivity contribution in [2.24, 2.45) is 11.1 Å². The van der Waals surface area contributed by atoms with Gasteiger partial charge in [0.15, 0.2) is 5.16 Å². The number of rotatable bonds is 7. The Labute approximate surface area is 165 Å². The number of halogens is 2. The van der Waals surface area contributed by atoms with Crippen LogP contribution in [-0.2, 0) is 5.75 Å². The van der Waals surface area contributed by atoms with Crippen molar-refractivity contribution in [3.8, 4) is 0 Å². The highest BCUT2D eigenvalue weighted by molar-refractivity contribution is 7.98. The summed E-state index contributed by atoms with van der Waals surface area (Å²) in [6.45, 7) is 5.29. The van der Waals surface area contributed by atoms with E-state index in [1.54, 1.807) is 16.7 Å². The van der Waals surface area contributed by atoms with Crippen LogP contribution in [0.5, 0.6) is 0 Å². The molecule has 0 radical (unpaired) electrons. The van der Waals surface area contributed by atoms with E-state index >= 15 is 0 Å². The molecule has 25 heavy (non-hydrogen) atoms. The molecule has 9 heteroatoms. The van der Waals surface area contributed by atoms with Gasteiger partial charge in [0.25, 0.3) is 5.91 Å². The van der Waals surface area contributed by atoms with Crippen LogP contribution < -0.4 is 5.73 Å². The normalized spacial score (nSPS) is 10.6. The standard InChI is InChI=1S/C16H23N5OS.2ClH/c1-16(2,9-17)10-21(3)14(22)13-6-4-12(5-7-13)8-23-15-18-11-19-20-15;;/h4-7,11H,8-10,17H2,1-3H3,(H,18,19,20);2*1H. The number of nitrogens with one attached hydrogen (secondary N) is 1. The van der Waals surface area contributed by atoms with Crippen molar-refractivity contribution in [3.63, 3.8) is 0 Å². The summed E-state index contributed by atoms with van der Waals surface area (Å²) in [6.07, 6.45) is 1.49. The Morgan fingerprint density at radius 2 is 1.92 bits per heavy atom. The number of nitrogens with zero attached hydrogens (tertiary/aromatic N) is 3. The van der Waals surface area contributed by atoms with Crippen molar-refractivity contribution < 1.29 is 4.79 Å². The summed E-state index contributed by atoms with van der Waals surface area (Å²) < 4.78 is 0. The third-order valence-corrected chi connectivity index (χ3v) is 4.48. The van der Waals surface area contributed by atoms with E-state index in [1.165, 1.54) is 6.33 Å². The van der Waals surface area contributed by atoms with E-state index in [2.05, 4.69) is 29.0 Å². The van der Waals surface area contributed by atoms with E-state index in [9.17, 15) is 4.79 Å². The molecule has 0 aliphatic heterocycles. The van der Waals surface area contributed by atoms with Gasteiger partial charge in [-0.25, -0.2) is 4.98 Å². The van der Waals surface area contributed by atoms with Crippen LogP contribution in [0.3, 0.4) is 0 Å². The second kappa shape index (κ2) is 10.7. The summed E-state index contributed by atoms with van der Waals surface area (Å²) >= 11 is 1.57. The Balaban J connectivity index is 0.00000288. The number of carbonyl (C=O) groups is 1. The van der Waals surface area contributed by atoms with E-state index in [0.29, 0.717) is 18.7 Å². The van der Waals surface area contributed by atoms with Crippen LogP contribution in [-0.4, -0.2) is 46.1 Å². The third-order valence-electron chi connectivity index (χ3n) is 3.53. The number of carbonyl (C=O) groups excluding carboxylic acids is 1. The molecule has 0 fully saturated rings. The number of hydrogen-bond acceptors (Lipinski definition) is 5. The molecule has 2 aromatic rings. The van der Waals surface area contributed by atoms with Crippen LogP contribution >= 0.6 is 36.6 Å². The minimum atomic E-state index is -0.0853. The SMILES string of the molecule is CN(CC(C)(C)CN)C(=O)c1ccc(CSc2ncn[nH]2)cc1.Cl.Cl. The zero-order valence-corrected chi connectivity index (χ0v) is 17.0. The second-order valence-corrected chi connectivity index (χ2v) is 7.27. The molecule has 0 spiro atoms. The van der Waals surface area contributed by atoms with Crippen molar-refractivity contribution in [1.82, 2.24) is 20.1 Å². The van der Waals surface area contributed by atoms with Crippen molar-refractivity contribution in [2.45, 2.75) is 24.8 Å². The number of H-pyrrole nitrogens is 1. The molecule has 0 aliphatic rings. The molecule has 0 saturated carbocycles. The average Bonchev–Trinajstić information content (AvgIpc) is 3.06. The van der Waals surface area contributed by atoms with Gasteiger partial charge in [-0.3, -0.25) is 9.89 Å². The van der Waals surface area contributed by atoms with Crippen molar-refractivity contribution in [3.05, 3.63) is 41.7 Å². The van der Waals surface area contributed by atoms with Gasteiger partial charge in [-0.1, -0.05) is 37.7 Å². The molecule has 1 heterocycles. The molecule has 0 atom stereocenters. The second-order valence-electron chi connectivity index (χ2n) is 6.31. The van der Waals surface area contributed by atoms with Gasteiger partial charge in [0.2, 0.25) is 0 Å². The Kier molecular flexibility index (Phi) is 10.1. The van der Waals surface area contributed by atoms with Crippen molar-refractivity contribution >= 4 is 42.5 Å². The lowest BCUT2D eigenvalue weighted by Crippen LogP contribution is -2.39. The monoisotopic (exact) mass is 405 g/mol. The fourth-order valence-corrected chi connectivity index (χ4v) is 2.89. The van der Waals surface area contributed by atoms with Gasteiger partial charge in [-0.15, -0.1) is 24.8 Å². The molecule has 0 aliphatic carbocycles. The van der Waals surface area contributed by atoms with E-state index in [4.69, 9.17) is 5.73 Å². The van der Waals surface area contributed by atoms with Crippen LogP contribution in [0.4, 0.5) is 0 Å². The van der Waals surface area contributed by atoms with Gasteiger partial charge in [0.05, 0.1) is 0 Å². The smallest absolute Gasteiger partial charge is 0.253 e. The molecule has 1 aromatic carbocycles. The van der Waals surface area contributed by atoms with E-state index < -0.39 is 0 Å². The molecular formula is C16H25Cl2N5OS. The van der Waals surface area contributed by atoms with E-state index in [1.807, 2.05) is 31.3 Å². The summed E-state index contributed by atoms with van der Waals surface area (Å²) in [5.41, 5.74) is 7.47. The Bertz CT molecular complexity index is 634. The maximum atomic E-state index is 12.5. The molecule has 2 rings (SSSR count). The summed E-state index contributed by atoms with van der Waals surface area (Å²) in [6, 6.07) is 7.67. The summed E-state index contributed by atoms with van der Waals surface area (Å²) in [5, 5.41) is 7.41. The van der Waals surface area contributed by atoms with Crippen LogP contribution in [0.15, 0.2) is 35.7 Å². The summed E-state index contributed by atoms with van der Waals surface area (Å²) in [5.74, 6) is 0.792. The first-order valence-corrected chi connectivity index (χ1v) is 8.42. The Hall–Kier alpha value is -1.28. The maximum Gasteiger partial charge on any atom is 0.253 e. The molecule has 0 saturated heterocycles. The number of nitrogens with two attached hydrogens (primary N) is 1.